The van der Waals surface area contributed by atoms with Crippen molar-refractivity contribution in [2.75, 3.05) is 11.9 Å². The highest BCUT2D eigenvalue weighted by atomic mass is 16.5. The first-order valence-electron chi connectivity index (χ1n) is 9.87. The molecule has 0 bridgehead atoms. The summed E-state index contributed by atoms with van der Waals surface area (Å²) in [6.07, 6.45) is 1.34. The van der Waals surface area contributed by atoms with Gasteiger partial charge in [-0.25, -0.2) is 4.98 Å². The lowest BCUT2D eigenvalue weighted by Crippen LogP contribution is -2.28. The second kappa shape index (κ2) is 8.39. The molecule has 0 unspecified atom stereocenters. The van der Waals surface area contributed by atoms with Crippen molar-refractivity contribution in [3.05, 3.63) is 70.3 Å². The zero-order chi connectivity index (χ0) is 22.0. The average molecular weight is 418 g/mol. The van der Waals surface area contributed by atoms with Gasteiger partial charge >= 0.3 is 0 Å². The maximum absolute atomic E-state index is 12.8. The Hall–Kier alpha value is -4.01. The van der Waals surface area contributed by atoms with Gasteiger partial charge in [0.15, 0.2) is 11.2 Å². The summed E-state index contributed by atoms with van der Waals surface area (Å²) in [6.45, 7) is 6.25. The van der Waals surface area contributed by atoms with E-state index in [-0.39, 0.29) is 18.0 Å². The summed E-state index contributed by atoms with van der Waals surface area (Å²) in [6, 6.07) is 12.9. The van der Waals surface area contributed by atoms with Gasteiger partial charge in [0.05, 0.1) is 12.3 Å². The predicted octanol–water partition coefficient (Wildman–Crippen LogP) is 2.63. The van der Waals surface area contributed by atoms with Crippen molar-refractivity contribution >= 4 is 22.8 Å². The minimum atomic E-state index is -0.428. The number of aryl methyl sites for hydroxylation is 2. The lowest BCUT2D eigenvalue weighted by atomic mass is 10.1. The number of nitrogens with zero attached hydrogens (tertiary/aromatic N) is 5. The molecule has 1 amide bonds. The number of carbonyl (C=O) groups excluding carboxylic acids is 1. The van der Waals surface area contributed by atoms with Crippen LogP contribution in [-0.2, 0) is 11.3 Å². The Labute approximate surface area is 178 Å². The molecule has 0 spiro atoms. The number of aromatic nitrogens is 5. The Kier molecular flexibility index (Phi) is 5.48. The van der Waals surface area contributed by atoms with Crippen LogP contribution in [0.25, 0.3) is 16.9 Å². The van der Waals surface area contributed by atoms with Gasteiger partial charge in [-0.05, 0) is 68.3 Å². The van der Waals surface area contributed by atoms with Crippen molar-refractivity contribution in [3.8, 4) is 11.4 Å². The Morgan fingerprint density at radius 1 is 1.10 bits per heavy atom. The number of amides is 1. The first-order valence-corrected chi connectivity index (χ1v) is 9.87. The maximum Gasteiger partial charge on any atom is 0.284 e. The summed E-state index contributed by atoms with van der Waals surface area (Å²) in [5, 5.41) is 10.9. The van der Waals surface area contributed by atoms with E-state index in [1.54, 1.807) is 24.3 Å². The van der Waals surface area contributed by atoms with Crippen molar-refractivity contribution in [3.63, 3.8) is 0 Å². The number of benzene rings is 2. The molecule has 0 aliphatic heterocycles. The fourth-order valence-corrected chi connectivity index (χ4v) is 3.36. The number of nitrogens with one attached hydrogen (secondary N) is 1. The highest BCUT2D eigenvalue weighted by molar-refractivity contribution is 5.90. The molecule has 2 heterocycles. The van der Waals surface area contributed by atoms with Gasteiger partial charge in [-0.1, -0.05) is 11.3 Å². The van der Waals surface area contributed by atoms with Crippen molar-refractivity contribution in [1.29, 1.82) is 0 Å². The van der Waals surface area contributed by atoms with Crippen LogP contribution in [0.15, 0.2) is 53.6 Å². The Morgan fingerprint density at radius 3 is 2.48 bits per heavy atom. The summed E-state index contributed by atoms with van der Waals surface area (Å²) in [5.41, 5.74) is 3.54. The van der Waals surface area contributed by atoms with E-state index in [4.69, 9.17) is 4.74 Å². The summed E-state index contributed by atoms with van der Waals surface area (Å²) in [4.78, 5) is 29.6. The summed E-state index contributed by atoms with van der Waals surface area (Å²) >= 11 is 0. The molecule has 4 aromatic rings. The van der Waals surface area contributed by atoms with Crippen LogP contribution >= 0.6 is 0 Å². The van der Waals surface area contributed by atoms with Crippen molar-refractivity contribution in [1.82, 2.24) is 24.5 Å². The van der Waals surface area contributed by atoms with E-state index in [1.165, 1.54) is 15.6 Å². The number of anilines is 1. The minimum Gasteiger partial charge on any atom is -0.494 e. The molecule has 1 N–H and O–H groups in total. The quantitative estimate of drug-likeness (QED) is 0.516. The number of ether oxygens (including phenoxy) is 1. The highest BCUT2D eigenvalue weighted by Gasteiger charge is 2.15. The van der Waals surface area contributed by atoms with E-state index in [2.05, 4.69) is 20.6 Å². The van der Waals surface area contributed by atoms with Crippen LogP contribution in [0.5, 0.6) is 5.75 Å². The lowest BCUT2D eigenvalue weighted by molar-refractivity contribution is -0.116. The number of carbonyl (C=O) groups is 1. The first kappa shape index (κ1) is 20.3. The van der Waals surface area contributed by atoms with Gasteiger partial charge in [-0.2, -0.15) is 4.68 Å². The van der Waals surface area contributed by atoms with Crippen LogP contribution in [0, 0.1) is 13.8 Å². The smallest absolute Gasteiger partial charge is 0.284 e. The van der Waals surface area contributed by atoms with Crippen molar-refractivity contribution in [2.24, 2.45) is 0 Å². The van der Waals surface area contributed by atoms with Crippen molar-refractivity contribution in [2.45, 2.75) is 27.3 Å². The van der Waals surface area contributed by atoms with Crippen molar-refractivity contribution < 1.29 is 9.53 Å². The number of hydrogen-bond donors (Lipinski definition) is 1. The standard InChI is InChI=1S/C22H22N6O3/c1-4-31-18-7-5-16(6-8-18)24-19(29)12-27-13-23-21-20(22(27)30)25-26-28(21)17-10-14(2)9-15(3)11-17/h5-11,13H,4,12H2,1-3H3,(H,24,29). The molecule has 0 aliphatic carbocycles. The average Bonchev–Trinajstić information content (AvgIpc) is 3.16. The SMILES string of the molecule is CCOc1ccc(NC(=O)Cn2cnc3c(nnn3-c3cc(C)cc(C)c3)c2=O)cc1. The lowest BCUT2D eigenvalue weighted by Gasteiger charge is -2.08. The topological polar surface area (TPSA) is 104 Å². The van der Waals surface area contributed by atoms with Crippen LogP contribution in [0.3, 0.4) is 0 Å². The van der Waals surface area contributed by atoms with E-state index >= 15 is 0 Å². The predicted molar refractivity (Wildman–Crippen MR) is 117 cm³/mol. The number of rotatable bonds is 6. The molecule has 158 valence electrons. The molecule has 0 atom stereocenters. The Balaban J connectivity index is 1.56. The zero-order valence-electron chi connectivity index (χ0n) is 17.5. The molecule has 9 heteroatoms. The third-order valence-electron chi connectivity index (χ3n) is 4.64. The molecule has 9 nitrogen and oxygen atoms in total. The van der Waals surface area contributed by atoms with Gasteiger partial charge < -0.3 is 10.1 Å². The summed E-state index contributed by atoms with van der Waals surface area (Å²) < 4.78 is 8.13. The molecule has 4 rings (SSSR count). The molecular formula is C22H22N6O3. The van der Waals surface area contributed by atoms with Gasteiger partial charge in [0.25, 0.3) is 5.56 Å². The monoisotopic (exact) mass is 418 g/mol. The van der Waals surface area contributed by atoms with Gasteiger partial charge in [0.2, 0.25) is 5.91 Å². The molecular weight excluding hydrogens is 396 g/mol. The van der Waals surface area contributed by atoms with Gasteiger partial charge in [-0.3, -0.25) is 14.2 Å². The van der Waals surface area contributed by atoms with Crippen LogP contribution in [0.2, 0.25) is 0 Å². The second-order valence-electron chi connectivity index (χ2n) is 7.20. The van der Waals surface area contributed by atoms with E-state index in [9.17, 15) is 9.59 Å². The largest absolute Gasteiger partial charge is 0.494 e. The molecule has 2 aromatic heterocycles. The van der Waals surface area contributed by atoms with Gasteiger partial charge in [0, 0.05) is 5.69 Å². The highest BCUT2D eigenvalue weighted by Crippen LogP contribution is 2.17. The van der Waals surface area contributed by atoms with Crippen LogP contribution in [-0.4, -0.2) is 37.1 Å². The van der Waals surface area contributed by atoms with E-state index < -0.39 is 5.56 Å². The summed E-state index contributed by atoms with van der Waals surface area (Å²) in [5.74, 6) is 0.368. The van der Waals surface area contributed by atoms with Crippen LogP contribution in [0.1, 0.15) is 18.1 Å². The van der Waals surface area contributed by atoms with E-state index in [0.717, 1.165) is 22.6 Å². The van der Waals surface area contributed by atoms with Gasteiger partial charge in [-0.15, -0.1) is 5.10 Å². The van der Waals surface area contributed by atoms with Crippen LogP contribution < -0.4 is 15.6 Å². The second-order valence-corrected chi connectivity index (χ2v) is 7.20. The van der Waals surface area contributed by atoms with Crippen LogP contribution in [0.4, 0.5) is 5.69 Å². The fraction of sp³-hybridized carbons (Fsp3) is 0.227. The molecule has 0 fully saturated rings. The minimum absolute atomic E-state index is 0.107. The van der Waals surface area contributed by atoms with E-state index in [1.807, 2.05) is 39.0 Å². The molecule has 0 radical (unpaired) electrons. The summed E-state index contributed by atoms with van der Waals surface area (Å²) in [7, 11) is 0. The molecule has 2 aromatic carbocycles. The first-order chi connectivity index (χ1) is 14.9. The third kappa shape index (κ3) is 4.30. The van der Waals surface area contributed by atoms with E-state index in [0.29, 0.717) is 17.9 Å². The zero-order valence-corrected chi connectivity index (χ0v) is 17.5. The van der Waals surface area contributed by atoms with Gasteiger partial charge in [0.1, 0.15) is 18.6 Å². The third-order valence-corrected chi connectivity index (χ3v) is 4.64. The molecule has 0 aliphatic rings. The number of hydrogen-bond acceptors (Lipinski definition) is 6. The normalized spacial score (nSPS) is 10.9. The Bertz CT molecular complexity index is 1290. The molecule has 0 saturated carbocycles. The Morgan fingerprint density at radius 2 is 1.81 bits per heavy atom. The molecule has 31 heavy (non-hydrogen) atoms. The number of fused-ring (bicyclic) bond motifs is 1. The molecule has 0 saturated heterocycles. The fourth-order valence-electron chi connectivity index (χ4n) is 3.36. The maximum atomic E-state index is 12.8.